The third-order valence-electron chi connectivity index (χ3n) is 1.08. The summed E-state index contributed by atoms with van der Waals surface area (Å²) in [6, 6.07) is 9.44. The quantitative estimate of drug-likeness (QED) is 0.783. The first-order chi connectivity index (χ1) is 6.52. The summed E-state index contributed by atoms with van der Waals surface area (Å²) in [5, 5.41) is 0.794. The summed E-state index contributed by atoms with van der Waals surface area (Å²) in [5.41, 5.74) is 4.63. The summed E-state index contributed by atoms with van der Waals surface area (Å²) in [7, 11) is 0. The molecule has 0 radical (unpaired) electrons. The second kappa shape index (κ2) is 7.21. The lowest BCUT2D eigenvalue weighted by Gasteiger charge is -2.01. The number of halogens is 1. The predicted molar refractivity (Wildman–Crippen MR) is 57.3 cm³/mol. The number of hydrogen-bond acceptors (Lipinski definition) is 2. The SMILES string of the molecule is CC(C)OC(N)=O.Clc1ccccc1. The summed E-state index contributed by atoms with van der Waals surface area (Å²) >= 11 is 5.54. The Morgan fingerprint density at radius 1 is 1.36 bits per heavy atom. The van der Waals surface area contributed by atoms with Gasteiger partial charge in [-0.2, -0.15) is 0 Å². The number of amides is 1. The molecule has 0 saturated carbocycles. The Balaban J connectivity index is 0.000000241. The van der Waals surface area contributed by atoms with Gasteiger partial charge in [-0.1, -0.05) is 29.8 Å². The molecule has 0 fully saturated rings. The van der Waals surface area contributed by atoms with Crippen LogP contribution in [0.4, 0.5) is 4.79 Å². The molecule has 0 aromatic heterocycles. The number of hydrogen-bond donors (Lipinski definition) is 1. The number of benzene rings is 1. The molecule has 1 aromatic rings. The second-order valence-corrected chi connectivity index (χ2v) is 3.22. The zero-order valence-corrected chi connectivity index (χ0v) is 8.99. The number of carbonyl (C=O) groups is 1. The molecule has 0 bridgehead atoms. The second-order valence-electron chi connectivity index (χ2n) is 2.78. The Kier molecular flexibility index (Phi) is 6.58. The molecule has 0 heterocycles. The van der Waals surface area contributed by atoms with Crippen molar-refractivity contribution in [3.8, 4) is 0 Å². The topological polar surface area (TPSA) is 52.3 Å². The third kappa shape index (κ3) is 8.87. The van der Waals surface area contributed by atoms with E-state index in [-0.39, 0.29) is 6.10 Å². The highest BCUT2D eigenvalue weighted by Crippen LogP contribution is 2.03. The van der Waals surface area contributed by atoms with Gasteiger partial charge in [-0.25, -0.2) is 4.79 Å². The van der Waals surface area contributed by atoms with Gasteiger partial charge in [0.05, 0.1) is 6.10 Å². The fraction of sp³-hybridized carbons (Fsp3) is 0.300. The van der Waals surface area contributed by atoms with E-state index in [1.54, 1.807) is 13.8 Å². The van der Waals surface area contributed by atoms with Gasteiger partial charge in [-0.05, 0) is 26.0 Å². The van der Waals surface area contributed by atoms with Crippen LogP contribution in [0.15, 0.2) is 30.3 Å². The van der Waals surface area contributed by atoms with Crippen molar-refractivity contribution < 1.29 is 9.53 Å². The van der Waals surface area contributed by atoms with Crippen molar-refractivity contribution >= 4 is 17.7 Å². The van der Waals surface area contributed by atoms with E-state index >= 15 is 0 Å². The Hall–Kier alpha value is -1.22. The number of carbonyl (C=O) groups excluding carboxylic acids is 1. The summed E-state index contributed by atoms with van der Waals surface area (Å²) < 4.78 is 4.39. The average molecular weight is 216 g/mol. The van der Waals surface area contributed by atoms with Gasteiger partial charge in [0.15, 0.2) is 0 Å². The summed E-state index contributed by atoms with van der Waals surface area (Å²) in [6.07, 6.45) is -0.813. The lowest BCUT2D eigenvalue weighted by Crippen LogP contribution is -2.17. The van der Waals surface area contributed by atoms with E-state index in [0.717, 1.165) is 5.02 Å². The van der Waals surface area contributed by atoms with Crippen LogP contribution >= 0.6 is 11.6 Å². The molecule has 2 N–H and O–H groups in total. The largest absolute Gasteiger partial charge is 0.447 e. The predicted octanol–water partition coefficient (Wildman–Crippen LogP) is 2.83. The molecule has 0 aliphatic carbocycles. The molecule has 14 heavy (non-hydrogen) atoms. The molecule has 0 aliphatic heterocycles. The number of ether oxygens (including phenoxy) is 1. The molecule has 78 valence electrons. The van der Waals surface area contributed by atoms with Crippen LogP contribution in [0.25, 0.3) is 0 Å². The zero-order chi connectivity index (χ0) is 11.0. The van der Waals surface area contributed by atoms with Gasteiger partial charge in [0.2, 0.25) is 0 Å². The van der Waals surface area contributed by atoms with Crippen molar-refractivity contribution in [1.29, 1.82) is 0 Å². The lowest BCUT2D eigenvalue weighted by atomic mass is 10.4. The Bertz CT molecular complexity index is 262. The zero-order valence-electron chi connectivity index (χ0n) is 8.24. The highest BCUT2D eigenvalue weighted by Gasteiger charge is 1.94. The lowest BCUT2D eigenvalue weighted by molar-refractivity contribution is 0.125. The molecule has 0 aliphatic rings. The molecule has 1 rings (SSSR count). The van der Waals surface area contributed by atoms with E-state index in [4.69, 9.17) is 11.6 Å². The van der Waals surface area contributed by atoms with Gasteiger partial charge in [-0.3, -0.25) is 0 Å². The fourth-order valence-electron chi connectivity index (χ4n) is 0.647. The fourth-order valence-corrected chi connectivity index (χ4v) is 0.792. The average Bonchev–Trinajstić information content (AvgIpc) is 2.03. The van der Waals surface area contributed by atoms with E-state index in [1.165, 1.54) is 0 Å². The van der Waals surface area contributed by atoms with Gasteiger partial charge in [-0.15, -0.1) is 0 Å². The maximum Gasteiger partial charge on any atom is 0.404 e. The monoisotopic (exact) mass is 215 g/mol. The van der Waals surface area contributed by atoms with Crippen LogP contribution in [0.5, 0.6) is 0 Å². The van der Waals surface area contributed by atoms with E-state index in [9.17, 15) is 4.79 Å². The molecule has 0 atom stereocenters. The highest BCUT2D eigenvalue weighted by atomic mass is 35.5. The van der Waals surface area contributed by atoms with Crippen molar-refractivity contribution in [1.82, 2.24) is 0 Å². The van der Waals surface area contributed by atoms with Gasteiger partial charge >= 0.3 is 6.09 Å². The van der Waals surface area contributed by atoms with Crippen LogP contribution in [-0.2, 0) is 4.74 Å². The highest BCUT2D eigenvalue weighted by molar-refractivity contribution is 6.30. The minimum absolute atomic E-state index is 0.0995. The smallest absolute Gasteiger partial charge is 0.404 e. The Labute approximate surface area is 88.8 Å². The molecular weight excluding hydrogens is 202 g/mol. The molecule has 0 saturated heterocycles. The van der Waals surface area contributed by atoms with Crippen molar-refractivity contribution in [3.63, 3.8) is 0 Å². The summed E-state index contributed by atoms with van der Waals surface area (Å²) in [5.74, 6) is 0. The molecule has 1 amide bonds. The van der Waals surface area contributed by atoms with Crippen LogP contribution < -0.4 is 5.73 Å². The maximum absolute atomic E-state index is 9.81. The van der Waals surface area contributed by atoms with Crippen molar-refractivity contribution in [2.75, 3.05) is 0 Å². The molecule has 0 unspecified atom stereocenters. The number of nitrogens with two attached hydrogens (primary N) is 1. The van der Waals surface area contributed by atoms with Crippen molar-refractivity contribution in [2.45, 2.75) is 20.0 Å². The van der Waals surface area contributed by atoms with Gasteiger partial charge in [0, 0.05) is 5.02 Å². The first kappa shape index (κ1) is 12.8. The van der Waals surface area contributed by atoms with E-state index in [2.05, 4.69) is 10.5 Å². The summed E-state index contributed by atoms with van der Waals surface area (Å²) in [6.45, 7) is 3.48. The maximum atomic E-state index is 9.81. The Morgan fingerprint density at radius 2 is 1.86 bits per heavy atom. The standard InChI is InChI=1S/C6H5Cl.C4H9NO2/c7-6-4-2-1-3-5-6;1-3(2)7-4(5)6/h1-5H;3H,1-2H3,(H2,5,6). The van der Waals surface area contributed by atoms with E-state index in [0.29, 0.717) is 0 Å². The minimum atomic E-state index is -0.713. The van der Waals surface area contributed by atoms with Crippen molar-refractivity contribution in [3.05, 3.63) is 35.4 Å². The van der Waals surface area contributed by atoms with Crippen LogP contribution in [0.3, 0.4) is 0 Å². The molecule has 0 spiro atoms. The number of rotatable bonds is 1. The van der Waals surface area contributed by atoms with Gasteiger partial charge < -0.3 is 10.5 Å². The van der Waals surface area contributed by atoms with Crippen LogP contribution in [0.1, 0.15) is 13.8 Å². The molecule has 4 heteroatoms. The first-order valence-electron chi connectivity index (χ1n) is 4.19. The minimum Gasteiger partial charge on any atom is -0.447 e. The molecule has 1 aromatic carbocycles. The van der Waals surface area contributed by atoms with Crippen LogP contribution in [0, 0.1) is 0 Å². The van der Waals surface area contributed by atoms with Crippen molar-refractivity contribution in [2.24, 2.45) is 5.73 Å². The summed E-state index contributed by atoms with van der Waals surface area (Å²) in [4.78, 5) is 9.81. The van der Waals surface area contributed by atoms with Gasteiger partial charge in [0.25, 0.3) is 0 Å². The molecule has 3 nitrogen and oxygen atoms in total. The van der Waals surface area contributed by atoms with Gasteiger partial charge in [0.1, 0.15) is 0 Å². The number of primary amides is 1. The van der Waals surface area contributed by atoms with Crippen LogP contribution in [-0.4, -0.2) is 12.2 Å². The van der Waals surface area contributed by atoms with E-state index in [1.807, 2.05) is 30.3 Å². The van der Waals surface area contributed by atoms with E-state index < -0.39 is 6.09 Å². The first-order valence-corrected chi connectivity index (χ1v) is 4.56. The molecular formula is C10H14ClNO2. The Morgan fingerprint density at radius 3 is 2.00 bits per heavy atom. The van der Waals surface area contributed by atoms with Crippen LogP contribution in [0.2, 0.25) is 5.02 Å². The normalized spacial score (nSPS) is 8.86. The third-order valence-corrected chi connectivity index (χ3v) is 1.34.